The Morgan fingerprint density at radius 3 is 2.54 bits per heavy atom. The van der Waals surface area contributed by atoms with Crippen molar-refractivity contribution >= 4 is 16.1 Å². The summed E-state index contributed by atoms with van der Waals surface area (Å²) in [6.45, 7) is 1.20. The summed E-state index contributed by atoms with van der Waals surface area (Å²) in [7, 11) is -0.616. The predicted octanol–water partition coefficient (Wildman–Crippen LogP) is 1.59. The molecule has 0 saturated carbocycles. The molecule has 2 heterocycles. The topological polar surface area (TPSA) is 60.9 Å². The summed E-state index contributed by atoms with van der Waals surface area (Å²) in [6, 6.07) is 3.61. The molecule has 26 heavy (non-hydrogen) atoms. The zero-order valence-corrected chi connectivity index (χ0v) is 15.7. The van der Waals surface area contributed by atoms with Gasteiger partial charge in [0, 0.05) is 40.3 Å². The summed E-state index contributed by atoms with van der Waals surface area (Å²) in [4.78, 5) is 14.7. The fourth-order valence-corrected chi connectivity index (χ4v) is 5.00. The van der Waals surface area contributed by atoms with Crippen molar-refractivity contribution < 1.29 is 22.0 Å². The Morgan fingerprint density at radius 1 is 1.15 bits per heavy atom. The Hall–Kier alpha value is -1.58. The van der Waals surface area contributed by atoms with Gasteiger partial charge in [-0.2, -0.15) is 17.0 Å². The minimum Gasteiger partial charge on any atom is -0.338 e. The quantitative estimate of drug-likeness (QED) is 0.788. The fraction of sp³-hybridized carbons (Fsp3) is 0.588. The zero-order chi connectivity index (χ0) is 19.1. The van der Waals surface area contributed by atoms with Crippen molar-refractivity contribution in [2.45, 2.75) is 25.8 Å². The van der Waals surface area contributed by atoms with Gasteiger partial charge in [-0.3, -0.25) is 4.79 Å². The van der Waals surface area contributed by atoms with E-state index in [1.54, 1.807) is 4.90 Å². The molecule has 0 unspecified atom stereocenters. The highest BCUT2D eigenvalue weighted by Gasteiger charge is 2.51. The molecule has 9 heteroatoms. The normalized spacial score (nSPS) is 24.8. The first-order chi connectivity index (χ1) is 12.2. The highest BCUT2D eigenvalue weighted by molar-refractivity contribution is 7.86. The van der Waals surface area contributed by atoms with Crippen molar-refractivity contribution in [3.63, 3.8) is 0 Å². The predicted molar refractivity (Wildman–Crippen MR) is 92.2 cm³/mol. The molecular weight excluding hydrogens is 364 g/mol. The molecule has 6 nitrogen and oxygen atoms in total. The van der Waals surface area contributed by atoms with Crippen LogP contribution in [0.1, 0.15) is 24.8 Å². The summed E-state index contributed by atoms with van der Waals surface area (Å²) < 4.78 is 53.7. The van der Waals surface area contributed by atoms with Crippen LogP contribution in [0.5, 0.6) is 0 Å². The Morgan fingerprint density at radius 2 is 1.88 bits per heavy atom. The number of hydrogen-bond donors (Lipinski definition) is 0. The molecular formula is C17H23F2N3O3S. The number of nitrogens with zero attached hydrogens (tertiary/aromatic N) is 3. The van der Waals surface area contributed by atoms with E-state index in [2.05, 4.69) is 0 Å². The van der Waals surface area contributed by atoms with Crippen LogP contribution in [-0.4, -0.2) is 61.6 Å². The van der Waals surface area contributed by atoms with Crippen molar-refractivity contribution in [2.24, 2.45) is 5.41 Å². The molecule has 2 aliphatic rings. The lowest BCUT2D eigenvalue weighted by Gasteiger charge is -2.39. The lowest BCUT2D eigenvalue weighted by Crippen LogP contribution is -2.50. The SMILES string of the molecule is CN(C)S(=O)(=O)N1CC[C@]2(CCCN(Cc3ccc(F)c(F)c3)C2=O)C1. The van der Waals surface area contributed by atoms with Gasteiger partial charge in [0.15, 0.2) is 11.6 Å². The van der Waals surface area contributed by atoms with Crippen LogP contribution in [0.4, 0.5) is 8.78 Å². The van der Waals surface area contributed by atoms with E-state index >= 15 is 0 Å². The molecule has 2 saturated heterocycles. The minimum absolute atomic E-state index is 0.107. The molecule has 0 aromatic heterocycles. The highest BCUT2D eigenvalue weighted by atomic mass is 32.2. The molecule has 144 valence electrons. The van der Waals surface area contributed by atoms with Crippen LogP contribution in [0.3, 0.4) is 0 Å². The lowest BCUT2D eigenvalue weighted by atomic mass is 9.78. The molecule has 1 spiro atoms. The number of amides is 1. The van der Waals surface area contributed by atoms with Crippen molar-refractivity contribution in [3.05, 3.63) is 35.4 Å². The molecule has 0 radical (unpaired) electrons. The maximum absolute atomic E-state index is 13.4. The largest absolute Gasteiger partial charge is 0.338 e. The molecule has 1 atom stereocenters. The van der Waals surface area contributed by atoms with Gasteiger partial charge in [-0.1, -0.05) is 6.07 Å². The van der Waals surface area contributed by atoms with Crippen LogP contribution >= 0.6 is 0 Å². The van der Waals surface area contributed by atoms with Gasteiger partial charge in [0.25, 0.3) is 10.2 Å². The van der Waals surface area contributed by atoms with Gasteiger partial charge in [-0.15, -0.1) is 0 Å². The van der Waals surface area contributed by atoms with Gasteiger partial charge < -0.3 is 4.90 Å². The average molecular weight is 387 g/mol. The molecule has 2 fully saturated rings. The Balaban J connectivity index is 1.77. The summed E-state index contributed by atoms with van der Waals surface area (Å²) >= 11 is 0. The van der Waals surface area contributed by atoms with Crippen LogP contribution in [0.2, 0.25) is 0 Å². The summed E-state index contributed by atoms with van der Waals surface area (Å²) in [5.74, 6) is -1.97. The van der Waals surface area contributed by atoms with Gasteiger partial charge >= 0.3 is 0 Å². The van der Waals surface area contributed by atoms with E-state index in [9.17, 15) is 22.0 Å². The molecule has 1 amide bonds. The Bertz CT molecular complexity index is 815. The van der Waals surface area contributed by atoms with Crippen LogP contribution < -0.4 is 0 Å². The third-order valence-corrected chi connectivity index (χ3v) is 7.18. The van der Waals surface area contributed by atoms with Crippen molar-refractivity contribution in [1.82, 2.24) is 13.5 Å². The van der Waals surface area contributed by atoms with Gasteiger partial charge in [-0.05, 0) is 37.0 Å². The summed E-state index contributed by atoms with van der Waals surface area (Å²) in [5, 5.41) is 0. The number of halogens is 2. The third kappa shape index (κ3) is 3.35. The zero-order valence-electron chi connectivity index (χ0n) is 14.9. The second kappa shape index (κ2) is 6.86. The lowest BCUT2D eigenvalue weighted by molar-refractivity contribution is -0.146. The monoisotopic (exact) mass is 387 g/mol. The van der Waals surface area contributed by atoms with Crippen LogP contribution in [0.15, 0.2) is 18.2 Å². The van der Waals surface area contributed by atoms with Crippen LogP contribution in [-0.2, 0) is 21.5 Å². The second-order valence-electron chi connectivity index (χ2n) is 7.23. The summed E-state index contributed by atoms with van der Waals surface area (Å²) in [5.41, 5.74) is -0.204. The molecule has 2 aliphatic heterocycles. The van der Waals surface area contributed by atoms with E-state index in [0.717, 1.165) is 22.9 Å². The van der Waals surface area contributed by atoms with E-state index in [0.29, 0.717) is 31.5 Å². The van der Waals surface area contributed by atoms with E-state index < -0.39 is 27.3 Å². The van der Waals surface area contributed by atoms with Gasteiger partial charge in [0.1, 0.15) is 0 Å². The molecule has 0 N–H and O–H groups in total. The second-order valence-corrected chi connectivity index (χ2v) is 9.38. The van der Waals surface area contributed by atoms with Gasteiger partial charge in [0.2, 0.25) is 5.91 Å². The van der Waals surface area contributed by atoms with Crippen LogP contribution in [0, 0.1) is 17.0 Å². The minimum atomic E-state index is -3.56. The Labute approximate surface area is 152 Å². The van der Waals surface area contributed by atoms with Crippen LogP contribution in [0.25, 0.3) is 0 Å². The number of piperidine rings is 1. The van der Waals surface area contributed by atoms with Crippen molar-refractivity contribution in [3.8, 4) is 0 Å². The molecule has 0 aliphatic carbocycles. The summed E-state index contributed by atoms with van der Waals surface area (Å²) in [6.07, 6.45) is 1.87. The number of carbonyl (C=O) groups excluding carboxylic acids is 1. The number of likely N-dealkylation sites (tertiary alicyclic amines) is 1. The number of rotatable bonds is 4. The van der Waals surface area contributed by atoms with Crippen molar-refractivity contribution in [1.29, 1.82) is 0 Å². The number of carbonyl (C=O) groups is 1. The van der Waals surface area contributed by atoms with Gasteiger partial charge in [0.05, 0.1) is 5.41 Å². The van der Waals surface area contributed by atoms with E-state index in [-0.39, 0.29) is 19.0 Å². The smallest absolute Gasteiger partial charge is 0.281 e. The maximum Gasteiger partial charge on any atom is 0.281 e. The Kier molecular flexibility index (Phi) is 5.06. The number of benzene rings is 1. The first kappa shape index (κ1) is 19.2. The highest BCUT2D eigenvalue weighted by Crippen LogP contribution is 2.41. The first-order valence-electron chi connectivity index (χ1n) is 8.57. The van der Waals surface area contributed by atoms with E-state index in [1.165, 1.54) is 24.5 Å². The fourth-order valence-electron chi connectivity index (χ4n) is 3.80. The maximum atomic E-state index is 13.4. The van der Waals surface area contributed by atoms with E-state index in [4.69, 9.17) is 0 Å². The standard InChI is InChI=1S/C17H23F2N3O3S/c1-20(2)26(24,25)22-9-7-17(12-22)6-3-8-21(16(17)23)11-13-4-5-14(18)15(19)10-13/h4-5,10H,3,6-9,11-12H2,1-2H3/t17-/m1/s1. The van der Waals surface area contributed by atoms with E-state index in [1.807, 2.05) is 0 Å². The third-order valence-electron chi connectivity index (χ3n) is 5.29. The first-order valence-corrected chi connectivity index (χ1v) is 9.96. The van der Waals surface area contributed by atoms with Gasteiger partial charge in [-0.25, -0.2) is 8.78 Å². The molecule has 1 aromatic rings. The average Bonchev–Trinajstić information content (AvgIpc) is 3.01. The molecule has 1 aromatic carbocycles. The molecule has 0 bridgehead atoms. The molecule has 3 rings (SSSR count). The number of hydrogen-bond acceptors (Lipinski definition) is 3. The van der Waals surface area contributed by atoms with Crippen molar-refractivity contribution in [2.75, 3.05) is 33.7 Å².